The number of H-pyrrole nitrogens is 1. The summed E-state index contributed by atoms with van der Waals surface area (Å²) < 4.78 is 5.01. The molecule has 0 aliphatic heterocycles. The number of hydrogen-bond donors (Lipinski definition) is 2. The molecular weight excluding hydrogens is 242 g/mol. The van der Waals surface area contributed by atoms with E-state index in [1.165, 1.54) is 0 Å². The van der Waals surface area contributed by atoms with Crippen LogP contribution in [0.3, 0.4) is 0 Å². The van der Waals surface area contributed by atoms with Crippen LogP contribution in [-0.2, 0) is 6.54 Å². The van der Waals surface area contributed by atoms with Crippen molar-refractivity contribution in [1.82, 2.24) is 20.1 Å². The monoisotopic (exact) mass is 257 g/mol. The van der Waals surface area contributed by atoms with Gasteiger partial charge in [-0.2, -0.15) is 4.98 Å². The second kappa shape index (κ2) is 4.47. The molecule has 19 heavy (non-hydrogen) atoms. The van der Waals surface area contributed by atoms with Crippen molar-refractivity contribution >= 4 is 11.0 Å². The number of aromatic nitrogens is 4. The smallest absolute Gasteiger partial charge is 0.240 e. The maximum atomic E-state index is 5.46. The Balaban J connectivity index is 2.05. The Kier molecular flexibility index (Phi) is 2.79. The van der Waals surface area contributed by atoms with Crippen molar-refractivity contribution < 1.29 is 4.52 Å². The first kappa shape index (κ1) is 11.9. The Morgan fingerprint density at radius 2 is 2.16 bits per heavy atom. The second-order valence-electron chi connectivity index (χ2n) is 4.72. The molecule has 0 saturated heterocycles. The fourth-order valence-corrected chi connectivity index (χ4v) is 1.90. The highest BCUT2D eigenvalue weighted by atomic mass is 16.5. The number of benzene rings is 1. The molecule has 0 bridgehead atoms. The summed E-state index contributed by atoms with van der Waals surface area (Å²) in [5.41, 5.74) is 8.25. The SMILES string of the molecule is CC(C)c1nc2ccc(-c3noc(CN)n3)cc2[nH]1. The van der Waals surface area contributed by atoms with Crippen molar-refractivity contribution in [2.24, 2.45) is 5.73 Å². The van der Waals surface area contributed by atoms with Crippen molar-refractivity contribution in [2.75, 3.05) is 0 Å². The lowest BCUT2D eigenvalue weighted by Crippen LogP contribution is -1.95. The van der Waals surface area contributed by atoms with Crippen LogP contribution in [0.5, 0.6) is 0 Å². The molecule has 98 valence electrons. The van der Waals surface area contributed by atoms with Gasteiger partial charge in [-0.25, -0.2) is 4.98 Å². The first-order valence-electron chi connectivity index (χ1n) is 6.20. The predicted octanol–water partition coefficient (Wildman–Crippen LogP) is 2.19. The highest BCUT2D eigenvalue weighted by molar-refractivity contribution is 5.80. The van der Waals surface area contributed by atoms with Gasteiger partial charge in [-0.15, -0.1) is 0 Å². The van der Waals surface area contributed by atoms with Crippen LogP contribution in [0, 0.1) is 0 Å². The topological polar surface area (TPSA) is 93.6 Å². The number of aromatic amines is 1. The van der Waals surface area contributed by atoms with Crippen LogP contribution in [0.15, 0.2) is 22.7 Å². The molecule has 6 heteroatoms. The Labute approximate surface area is 110 Å². The van der Waals surface area contributed by atoms with E-state index in [9.17, 15) is 0 Å². The molecule has 6 nitrogen and oxygen atoms in total. The average molecular weight is 257 g/mol. The van der Waals surface area contributed by atoms with Crippen molar-refractivity contribution in [3.05, 3.63) is 29.9 Å². The van der Waals surface area contributed by atoms with Crippen LogP contribution in [-0.4, -0.2) is 20.1 Å². The summed E-state index contributed by atoms with van der Waals surface area (Å²) >= 11 is 0. The molecule has 0 amide bonds. The first-order valence-corrected chi connectivity index (χ1v) is 6.20. The first-order chi connectivity index (χ1) is 9.17. The summed E-state index contributed by atoms with van der Waals surface area (Å²) in [6.07, 6.45) is 0. The number of nitrogens with zero attached hydrogens (tertiary/aromatic N) is 3. The Hall–Kier alpha value is -2.21. The molecule has 0 spiro atoms. The number of fused-ring (bicyclic) bond motifs is 1. The fraction of sp³-hybridized carbons (Fsp3) is 0.308. The van der Waals surface area contributed by atoms with Gasteiger partial charge in [0.15, 0.2) is 0 Å². The van der Waals surface area contributed by atoms with Crippen LogP contribution in [0.2, 0.25) is 0 Å². The third-order valence-corrected chi connectivity index (χ3v) is 2.95. The number of imidazole rings is 1. The van der Waals surface area contributed by atoms with Gasteiger partial charge in [0.2, 0.25) is 11.7 Å². The van der Waals surface area contributed by atoms with E-state index in [0.717, 1.165) is 22.4 Å². The van der Waals surface area contributed by atoms with Crippen molar-refractivity contribution in [1.29, 1.82) is 0 Å². The predicted molar refractivity (Wildman–Crippen MR) is 71.4 cm³/mol. The molecule has 1 aromatic carbocycles. The number of hydrogen-bond acceptors (Lipinski definition) is 5. The molecule has 3 N–H and O–H groups in total. The van der Waals surface area contributed by atoms with Crippen LogP contribution < -0.4 is 5.73 Å². The number of nitrogens with two attached hydrogens (primary N) is 1. The largest absolute Gasteiger partial charge is 0.342 e. The molecule has 3 aromatic rings. The molecule has 0 aliphatic carbocycles. The number of nitrogens with one attached hydrogen (secondary N) is 1. The van der Waals surface area contributed by atoms with E-state index in [1.54, 1.807) is 0 Å². The molecule has 0 radical (unpaired) electrons. The van der Waals surface area contributed by atoms with Crippen molar-refractivity contribution in [2.45, 2.75) is 26.3 Å². The van der Waals surface area contributed by atoms with E-state index in [2.05, 4.69) is 34.0 Å². The van der Waals surface area contributed by atoms with E-state index in [1.807, 2.05) is 18.2 Å². The lowest BCUT2D eigenvalue weighted by atomic mass is 10.2. The van der Waals surface area contributed by atoms with Gasteiger partial charge in [0.05, 0.1) is 17.6 Å². The lowest BCUT2D eigenvalue weighted by molar-refractivity contribution is 0.380. The zero-order valence-corrected chi connectivity index (χ0v) is 10.8. The molecule has 0 saturated carbocycles. The summed E-state index contributed by atoms with van der Waals surface area (Å²) in [7, 11) is 0. The summed E-state index contributed by atoms with van der Waals surface area (Å²) in [5, 5.41) is 3.91. The molecule has 0 unspecified atom stereocenters. The van der Waals surface area contributed by atoms with E-state index in [-0.39, 0.29) is 6.54 Å². The summed E-state index contributed by atoms with van der Waals surface area (Å²) in [4.78, 5) is 12.0. The standard InChI is InChI=1S/C13H15N5O/c1-7(2)12-15-9-4-3-8(5-10(9)16-12)13-17-11(6-14)19-18-13/h3-5,7H,6,14H2,1-2H3,(H,15,16). The second-order valence-corrected chi connectivity index (χ2v) is 4.72. The average Bonchev–Trinajstić information content (AvgIpc) is 3.04. The quantitative estimate of drug-likeness (QED) is 0.750. The van der Waals surface area contributed by atoms with Crippen LogP contribution in [0.4, 0.5) is 0 Å². The normalized spacial score (nSPS) is 11.6. The van der Waals surface area contributed by atoms with E-state index < -0.39 is 0 Å². The summed E-state index contributed by atoms with van der Waals surface area (Å²) in [6.45, 7) is 4.45. The Morgan fingerprint density at radius 1 is 1.32 bits per heavy atom. The highest BCUT2D eigenvalue weighted by Gasteiger charge is 2.11. The maximum absolute atomic E-state index is 5.46. The Bertz CT molecular complexity index is 713. The van der Waals surface area contributed by atoms with Gasteiger partial charge in [-0.05, 0) is 18.2 Å². The van der Waals surface area contributed by atoms with Gasteiger partial charge in [0.25, 0.3) is 0 Å². The molecular formula is C13H15N5O. The van der Waals surface area contributed by atoms with Gasteiger partial charge in [-0.3, -0.25) is 0 Å². The molecule has 0 atom stereocenters. The maximum Gasteiger partial charge on any atom is 0.240 e. The number of rotatable bonds is 3. The van der Waals surface area contributed by atoms with E-state index in [0.29, 0.717) is 17.6 Å². The summed E-state index contributed by atoms with van der Waals surface area (Å²) in [6, 6.07) is 5.85. The van der Waals surface area contributed by atoms with Gasteiger partial charge in [0.1, 0.15) is 5.82 Å². The molecule has 2 heterocycles. The molecule has 0 fully saturated rings. The van der Waals surface area contributed by atoms with Gasteiger partial charge in [0, 0.05) is 11.5 Å². The van der Waals surface area contributed by atoms with Gasteiger partial charge in [-0.1, -0.05) is 19.0 Å². The minimum atomic E-state index is 0.247. The molecule has 2 aromatic heterocycles. The van der Waals surface area contributed by atoms with Crippen LogP contribution >= 0.6 is 0 Å². The fourth-order valence-electron chi connectivity index (χ4n) is 1.90. The highest BCUT2D eigenvalue weighted by Crippen LogP contribution is 2.23. The van der Waals surface area contributed by atoms with Gasteiger partial charge >= 0.3 is 0 Å². The van der Waals surface area contributed by atoms with E-state index >= 15 is 0 Å². The zero-order valence-electron chi connectivity index (χ0n) is 10.8. The van der Waals surface area contributed by atoms with Crippen molar-refractivity contribution in [3.63, 3.8) is 0 Å². The van der Waals surface area contributed by atoms with Gasteiger partial charge < -0.3 is 15.2 Å². The van der Waals surface area contributed by atoms with Crippen LogP contribution in [0.25, 0.3) is 22.4 Å². The van der Waals surface area contributed by atoms with Crippen LogP contribution in [0.1, 0.15) is 31.5 Å². The minimum Gasteiger partial charge on any atom is -0.342 e. The lowest BCUT2D eigenvalue weighted by Gasteiger charge is -1.96. The van der Waals surface area contributed by atoms with E-state index in [4.69, 9.17) is 10.3 Å². The van der Waals surface area contributed by atoms with Crippen molar-refractivity contribution in [3.8, 4) is 11.4 Å². The minimum absolute atomic E-state index is 0.247. The Morgan fingerprint density at radius 3 is 2.84 bits per heavy atom. The third-order valence-electron chi connectivity index (χ3n) is 2.95. The molecule has 0 aliphatic rings. The zero-order chi connectivity index (χ0) is 13.4. The molecule has 3 rings (SSSR count). The third kappa shape index (κ3) is 2.10. The summed E-state index contributed by atoms with van der Waals surface area (Å²) in [5.74, 6) is 2.32.